The van der Waals surface area contributed by atoms with Crippen molar-refractivity contribution in [1.29, 1.82) is 0 Å². The number of alkyl halides is 3. The molecule has 0 spiro atoms. The van der Waals surface area contributed by atoms with Crippen LogP contribution in [-0.4, -0.2) is 31.1 Å². The molecule has 39 heavy (non-hydrogen) atoms. The van der Waals surface area contributed by atoms with Gasteiger partial charge in [0.2, 0.25) is 0 Å². The number of piperidine rings is 1. The van der Waals surface area contributed by atoms with E-state index in [-0.39, 0.29) is 17.6 Å². The van der Waals surface area contributed by atoms with Crippen molar-refractivity contribution in [1.82, 2.24) is 5.32 Å². The van der Waals surface area contributed by atoms with Crippen molar-refractivity contribution in [3.8, 4) is 0 Å². The molecule has 1 saturated heterocycles. The maximum atomic E-state index is 13.1. The number of hydrogen-bond donors (Lipinski definition) is 3. The zero-order valence-corrected chi connectivity index (χ0v) is 22.0. The van der Waals surface area contributed by atoms with E-state index in [9.17, 15) is 22.8 Å². The summed E-state index contributed by atoms with van der Waals surface area (Å²) in [6, 6.07) is 19.2. The lowest BCUT2D eigenvalue weighted by Gasteiger charge is -2.35. The van der Waals surface area contributed by atoms with Crippen LogP contribution in [0, 0.1) is 5.92 Å². The van der Waals surface area contributed by atoms with Gasteiger partial charge in [-0.1, -0.05) is 36.4 Å². The zero-order valence-electron chi connectivity index (χ0n) is 22.0. The molecule has 3 amide bonds. The number of rotatable bonds is 7. The van der Waals surface area contributed by atoms with Crippen LogP contribution in [0.5, 0.6) is 0 Å². The van der Waals surface area contributed by atoms with Gasteiger partial charge in [0.25, 0.3) is 5.91 Å². The van der Waals surface area contributed by atoms with Gasteiger partial charge in [0.15, 0.2) is 0 Å². The Morgan fingerprint density at radius 2 is 1.56 bits per heavy atom. The number of urea groups is 1. The van der Waals surface area contributed by atoms with Gasteiger partial charge in [0.05, 0.1) is 11.1 Å². The van der Waals surface area contributed by atoms with Crippen LogP contribution >= 0.6 is 0 Å². The third kappa shape index (κ3) is 7.75. The Morgan fingerprint density at radius 1 is 0.897 bits per heavy atom. The average molecular weight is 539 g/mol. The lowest BCUT2D eigenvalue weighted by atomic mass is 9.89. The zero-order chi connectivity index (χ0) is 28.0. The first-order chi connectivity index (χ1) is 18.6. The summed E-state index contributed by atoms with van der Waals surface area (Å²) in [6.07, 6.45) is -1.49. The fraction of sp³-hybridized carbons (Fsp3) is 0.333. The van der Waals surface area contributed by atoms with E-state index < -0.39 is 17.8 Å². The molecule has 1 aliphatic heterocycles. The summed E-state index contributed by atoms with van der Waals surface area (Å²) in [4.78, 5) is 27.9. The lowest BCUT2D eigenvalue weighted by Crippen LogP contribution is -2.37. The van der Waals surface area contributed by atoms with Crippen LogP contribution in [0.2, 0.25) is 0 Å². The summed E-state index contributed by atoms with van der Waals surface area (Å²) in [7, 11) is 0. The molecular formula is C30H33F3N4O2. The number of carbonyl (C=O) groups is 2. The molecule has 206 valence electrons. The number of benzene rings is 3. The van der Waals surface area contributed by atoms with Gasteiger partial charge < -0.3 is 20.9 Å². The molecule has 1 fully saturated rings. The van der Waals surface area contributed by atoms with Crippen molar-refractivity contribution in [2.24, 2.45) is 5.92 Å². The van der Waals surface area contributed by atoms with E-state index in [4.69, 9.17) is 0 Å². The Kier molecular flexibility index (Phi) is 8.79. The molecule has 9 heteroatoms. The molecule has 4 rings (SSSR count). The molecule has 0 bridgehead atoms. The van der Waals surface area contributed by atoms with E-state index in [0.717, 1.165) is 50.2 Å². The molecule has 0 saturated carbocycles. The first-order valence-electron chi connectivity index (χ1n) is 13.1. The van der Waals surface area contributed by atoms with Gasteiger partial charge in [-0.05, 0) is 81.0 Å². The third-order valence-electron chi connectivity index (χ3n) is 6.69. The van der Waals surface area contributed by atoms with Crippen LogP contribution in [0.3, 0.4) is 0 Å². The van der Waals surface area contributed by atoms with Crippen LogP contribution in [-0.2, 0) is 12.6 Å². The molecule has 3 aromatic carbocycles. The summed E-state index contributed by atoms with van der Waals surface area (Å²) in [5, 5.41) is 7.98. The molecule has 1 aliphatic rings. The van der Waals surface area contributed by atoms with Gasteiger partial charge in [0, 0.05) is 36.2 Å². The summed E-state index contributed by atoms with van der Waals surface area (Å²) >= 11 is 0. The smallest absolute Gasteiger partial charge is 0.371 e. The third-order valence-corrected chi connectivity index (χ3v) is 6.69. The van der Waals surface area contributed by atoms with E-state index in [0.29, 0.717) is 17.2 Å². The van der Waals surface area contributed by atoms with Crippen molar-refractivity contribution in [2.75, 3.05) is 28.6 Å². The van der Waals surface area contributed by atoms with Gasteiger partial charge >= 0.3 is 12.2 Å². The second kappa shape index (κ2) is 12.2. The number of nitrogens with zero attached hydrogens (tertiary/aromatic N) is 1. The molecule has 3 aromatic rings. The second-order valence-corrected chi connectivity index (χ2v) is 10.1. The average Bonchev–Trinajstić information content (AvgIpc) is 2.89. The Balaban J connectivity index is 1.46. The highest BCUT2D eigenvalue weighted by atomic mass is 19.4. The summed E-state index contributed by atoms with van der Waals surface area (Å²) in [6.45, 7) is 5.36. The van der Waals surface area contributed by atoms with Gasteiger partial charge in [0.1, 0.15) is 0 Å². The highest BCUT2D eigenvalue weighted by Crippen LogP contribution is 2.32. The number of hydrogen-bond acceptors (Lipinski definition) is 3. The van der Waals surface area contributed by atoms with E-state index in [1.54, 1.807) is 12.1 Å². The number of amides is 3. The van der Waals surface area contributed by atoms with Gasteiger partial charge in [-0.15, -0.1) is 0 Å². The molecule has 0 unspecified atom stereocenters. The van der Waals surface area contributed by atoms with E-state index in [2.05, 4.69) is 45.1 Å². The molecule has 0 atom stereocenters. The fourth-order valence-corrected chi connectivity index (χ4v) is 4.80. The number of halogens is 3. The minimum atomic E-state index is -4.52. The Hall–Kier alpha value is -4.01. The standard InChI is InChI=1S/C30H33F3N4O2/c1-20(2)34-28(38)26-19-25(36-29(39)35-24-10-6-9-23(18-24)30(31,32)33)11-12-27(26)37-15-13-22(14-16-37)17-21-7-4-3-5-8-21/h3-12,18-20,22H,13-17H2,1-2H3,(H,34,38)(H2,35,36,39). The molecule has 0 radical (unpaired) electrons. The maximum absolute atomic E-state index is 13.1. The summed E-state index contributed by atoms with van der Waals surface area (Å²) < 4.78 is 39.0. The Bertz CT molecular complexity index is 1290. The van der Waals surface area contributed by atoms with Crippen molar-refractivity contribution in [2.45, 2.75) is 45.3 Å². The highest BCUT2D eigenvalue weighted by Gasteiger charge is 2.30. The van der Waals surface area contributed by atoms with Gasteiger partial charge in [-0.2, -0.15) is 13.2 Å². The molecule has 3 N–H and O–H groups in total. The quantitative estimate of drug-likeness (QED) is 0.305. The number of anilines is 3. The minimum Gasteiger partial charge on any atom is -0.371 e. The van der Waals surface area contributed by atoms with Crippen molar-refractivity contribution < 1.29 is 22.8 Å². The maximum Gasteiger partial charge on any atom is 0.416 e. The van der Waals surface area contributed by atoms with Crippen LogP contribution in [0.25, 0.3) is 0 Å². The van der Waals surface area contributed by atoms with Gasteiger partial charge in [-0.25, -0.2) is 4.79 Å². The van der Waals surface area contributed by atoms with E-state index in [1.807, 2.05) is 26.0 Å². The van der Waals surface area contributed by atoms with E-state index >= 15 is 0 Å². The highest BCUT2D eigenvalue weighted by molar-refractivity contribution is 6.04. The first kappa shape index (κ1) is 28.0. The van der Waals surface area contributed by atoms with Crippen molar-refractivity contribution >= 4 is 29.0 Å². The largest absolute Gasteiger partial charge is 0.416 e. The topological polar surface area (TPSA) is 73.5 Å². The fourth-order valence-electron chi connectivity index (χ4n) is 4.80. The molecule has 1 heterocycles. The SMILES string of the molecule is CC(C)NC(=O)c1cc(NC(=O)Nc2cccc(C(F)(F)F)c2)ccc1N1CCC(Cc2ccccc2)CC1. The predicted molar refractivity (Wildman–Crippen MR) is 148 cm³/mol. The van der Waals surface area contributed by atoms with Crippen LogP contribution in [0.15, 0.2) is 72.8 Å². The van der Waals surface area contributed by atoms with Crippen molar-refractivity contribution in [3.05, 3.63) is 89.5 Å². The second-order valence-electron chi connectivity index (χ2n) is 10.1. The lowest BCUT2D eigenvalue weighted by molar-refractivity contribution is -0.137. The van der Waals surface area contributed by atoms with Crippen molar-refractivity contribution in [3.63, 3.8) is 0 Å². The number of nitrogens with one attached hydrogen (secondary N) is 3. The minimum absolute atomic E-state index is 0.00935. The van der Waals surface area contributed by atoms with E-state index in [1.165, 1.54) is 17.7 Å². The monoisotopic (exact) mass is 538 g/mol. The Labute approximate surface area is 226 Å². The normalized spacial score (nSPS) is 14.3. The number of carbonyl (C=O) groups excluding carboxylic acids is 2. The summed E-state index contributed by atoms with van der Waals surface area (Å²) in [5.41, 5.74) is 2.06. The predicted octanol–water partition coefficient (Wildman–Crippen LogP) is 6.95. The molecule has 0 aliphatic carbocycles. The van der Waals surface area contributed by atoms with Crippen LogP contribution in [0.4, 0.5) is 35.0 Å². The Morgan fingerprint density at radius 3 is 2.21 bits per heavy atom. The summed E-state index contributed by atoms with van der Waals surface area (Å²) in [5.74, 6) is 0.311. The van der Waals surface area contributed by atoms with Gasteiger partial charge in [-0.3, -0.25) is 4.79 Å². The first-order valence-corrected chi connectivity index (χ1v) is 13.1. The van der Waals surface area contributed by atoms with Crippen LogP contribution < -0.4 is 20.9 Å². The molecular weight excluding hydrogens is 505 g/mol. The molecule has 0 aromatic heterocycles. The van der Waals surface area contributed by atoms with Crippen LogP contribution in [0.1, 0.15) is 48.2 Å². The molecule has 6 nitrogen and oxygen atoms in total.